The van der Waals surface area contributed by atoms with Crippen molar-refractivity contribution in [3.63, 3.8) is 0 Å². The lowest BCUT2D eigenvalue weighted by atomic mass is 10.0. The lowest BCUT2D eigenvalue weighted by molar-refractivity contribution is 0.176. The average molecular weight is 349 g/mol. The van der Waals surface area contributed by atoms with Crippen LogP contribution in [-0.2, 0) is 6.42 Å². The van der Waals surface area contributed by atoms with Gasteiger partial charge >= 0.3 is 0 Å². The van der Waals surface area contributed by atoms with Crippen molar-refractivity contribution in [2.24, 2.45) is 0 Å². The van der Waals surface area contributed by atoms with Gasteiger partial charge in [0.05, 0.1) is 10.6 Å². The first-order chi connectivity index (χ1) is 9.40. The Morgan fingerprint density at radius 3 is 2.25 bits per heavy atom. The molecule has 1 N–H and O–H groups in total. The van der Waals surface area contributed by atoms with Crippen LogP contribution in [0.1, 0.15) is 17.2 Å². The van der Waals surface area contributed by atoms with Crippen molar-refractivity contribution < 1.29 is 22.7 Å². The maximum Gasteiger partial charge on any atom is 0.173 e. The topological polar surface area (TPSA) is 20.2 Å². The Labute approximate surface area is 121 Å². The zero-order chi connectivity index (χ0) is 14.9. The minimum atomic E-state index is -1.18. The Kier molecular flexibility index (Phi) is 4.45. The summed E-state index contributed by atoms with van der Waals surface area (Å²) in [6, 6.07) is 5.33. The van der Waals surface area contributed by atoms with Crippen LogP contribution in [0.4, 0.5) is 17.6 Å². The third-order valence-electron chi connectivity index (χ3n) is 2.84. The fraction of sp³-hybridized carbons (Fsp3) is 0.143. The molecule has 0 fully saturated rings. The standard InChI is InChI=1S/C14H9BrF4O/c15-13-8(2-4-10(17)14(13)19)12(20)6-7-1-3-9(16)11(18)5-7/h1-5,12,20H,6H2. The molecule has 0 saturated heterocycles. The fourth-order valence-electron chi connectivity index (χ4n) is 1.80. The second-order valence-electron chi connectivity index (χ2n) is 4.23. The summed E-state index contributed by atoms with van der Waals surface area (Å²) in [5, 5.41) is 9.99. The Bertz CT molecular complexity index is 645. The van der Waals surface area contributed by atoms with Crippen LogP contribution in [0.2, 0.25) is 0 Å². The van der Waals surface area contributed by atoms with E-state index in [1.165, 1.54) is 12.1 Å². The normalized spacial score (nSPS) is 12.5. The van der Waals surface area contributed by atoms with Crippen LogP contribution in [0.15, 0.2) is 34.8 Å². The molecule has 2 aromatic rings. The molecule has 0 amide bonds. The average Bonchev–Trinajstić information content (AvgIpc) is 2.40. The highest BCUT2D eigenvalue weighted by molar-refractivity contribution is 9.10. The number of benzene rings is 2. The molecule has 2 rings (SSSR count). The van der Waals surface area contributed by atoms with Gasteiger partial charge in [-0.1, -0.05) is 12.1 Å². The van der Waals surface area contributed by atoms with Crippen LogP contribution in [0, 0.1) is 23.3 Å². The van der Waals surface area contributed by atoms with Gasteiger partial charge < -0.3 is 5.11 Å². The highest BCUT2D eigenvalue weighted by Crippen LogP contribution is 2.29. The summed E-state index contributed by atoms with van der Waals surface area (Å²) in [7, 11) is 0. The smallest absolute Gasteiger partial charge is 0.173 e. The fourth-order valence-corrected chi connectivity index (χ4v) is 2.38. The van der Waals surface area contributed by atoms with Gasteiger partial charge in [-0.25, -0.2) is 17.6 Å². The molecule has 0 saturated carbocycles. The summed E-state index contributed by atoms with van der Waals surface area (Å²) in [5.74, 6) is -4.16. The van der Waals surface area contributed by atoms with Gasteiger partial charge in [0.2, 0.25) is 0 Å². The lowest BCUT2D eigenvalue weighted by Gasteiger charge is -2.14. The van der Waals surface area contributed by atoms with Crippen LogP contribution >= 0.6 is 15.9 Å². The molecule has 0 aliphatic rings. The van der Waals surface area contributed by atoms with Crippen LogP contribution in [-0.4, -0.2) is 5.11 Å². The van der Waals surface area contributed by atoms with Crippen molar-refractivity contribution in [3.8, 4) is 0 Å². The van der Waals surface area contributed by atoms with Crippen LogP contribution in [0.5, 0.6) is 0 Å². The van der Waals surface area contributed by atoms with Gasteiger partial charge in [0.25, 0.3) is 0 Å². The van der Waals surface area contributed by atoms with E-state index in [2.05, 4.69) is 15.9 Å². The minimum absolute atomic E-state index is 0.0547. The summed E-state index contributed by atoms with van der Waals surface area (Å²) in [6.45, 7) is 0. The highest BCUT2D eigenvalue weighted by atomic mass is 79.9. The van der Waals surface area contributed by atoms with E-state index in [1.807, 2.05) is 0 Å². The van der Waals surface area contributed by atoms with E-state index in [4.69, 9.17) is 0 Å². The first kappa shape index (κ1) is 15.0. The predicted molar refractivity (Wildman–Crippen MR) is 69.1 cm³/mol. The van der Waals surface area contributed by atoms with Crippen LogP contribution < -0.4 is 0 Å². The molecule has 0 radical (unpaired) electrons. The SMILES string of the molecule is OC(Cc1ccc(F)c(F)c1)c1ccc(F)c(F)c1Br. The monoisotopic (exact) mass is 348 g/mol. The van der Waals surface area contributed by atoms with Gasteiger partial charge in [0, 0.05) is 6.42 Å². The molecule has 0 aliphatic heterocycles. The van der Waals surface area contributed by atoms with Crippen molar-refractivity contribution >= 4 is 15.9 Å². The molecular formula is C14H9BrF4O. The van der Waals surface area contributed by atoms with E-state index < -0.39 is 29.4 Å². The Morgan fingerprint density at radius 1 is 0.950 bits per heavy atom. The van der Waals surface area contributed by atoms with Crippen molar-refractivity contribution in [3.05, 3.63) is 69.2 Å². The van der Waals surface area contributed by atoms with Gasteiger partial charge in [-0.15, -0.1) is 0 Å². The van der Waals surface area contributed by atoms with Crippen LogP contribution in [0.25, 0.3) is 0 Å². The summed E-state index contributed by atoms with van der Waals surface area (Å²) in [6.07, 6.45) is -1.23. The second kappa shape index (κ2) is 5.93. The van der Waals surface area contributed by atoms with E-state index >= 15 is 0 Å². The lowest BCUT2D eigenvalue weighted by Crippen LogP contribution is -2.05. The molecule has 20 heavy (non-hydrogen) atoms. The largest absolute Gasteiger partial charge is 0.388 e. The molecule has 1 nitrogen and oxygen atoms in total. The highest BCUT2D eigenvalue weighted by Gasteiger charge is 2.18. The second-order valence-corrected chi connectivity index (χ2v) is 5.03. The Balaban J connectivity index is 2.26. The molecule has 0 heterocycles. The molecule has 0 spiro atoms. The minimum Gasteiger partial charge on any atom is -0.388 e. The number of hydrogen-bond donors (Lipinski definition) is 1. The zero-order valence-corrected chi connectivity index (χ0v) is 11.6. The van der Waals surface area contributed by atoms with E-state index in [1.54, 1.807) is 0 Å². The van der Waals surface area contributed by atoms with Gasteiger partial charge in [0.15, 0.2) is 23.3 Å². The summed E-state index contributed by atoms with van der Waals surface area (Å²) in [5.41, 5.74) is 0.474. The van der Waals surface area contributed by atoms with E-state index in [9.17, 15) is 22.7 Å². The maximum absolute atomic E-state index is 13.4. The first-order valence-corrected chi connectivity index (χ1v) is 6.45. The molecule has 2 aromatic carbocycles. The molecule has 6 heteroatoms. The van der Waals surface area contributed by atoms with Gasteiger partial charge in [-0.2, -0.15) is 0 Å². The van der Waals surface area contributed by atoms with E-state index in [-0.39, 0.29) is 16.5 Å². The number of hydrogen-bond acceptors (Lipinski definition) is 1. The zero-order valence-electron chi connectivity index (χ0n) is 10.0. The Morgan fingerprint density at radius 2 is 1.60 bits per heavy atom. The quantitative estimate of drug-likeness (QED) is 0.648. The summed E-state index contributed by atoms with van der Waals surface area (Å²) >= 11 is 2.86. The van der Waals surface area contributed by atoms with Crippen molar-refractivity contribution in [1.29, 1.82) is 0 Å². The third-order valence-corrected chi connectivity index (χ3v) is 3.64. The predicted octanol–water partition coefficient (Wildman–Crippen LogP) is 4.28. The molecule has 106 valence electrons. The van der Waals surface area contributed by atoms with E-state index in [0.29, 0.717) is 5.56 Å². The molecule has 1 atom stereocenters. The maximum atomic E-state index is 13.4. The molecule has 0 bridgehead atoms. The number of aliphatic hydroxyl groups is 1. The third kappa shape index (κ3) is 3.02. The first-order valence-electron chi connectivity index (χ1n) is 5.65. The van der Waals surface area contributed by atoms with Gasteiger partial charge in [-0.3, -0.25) is 0 Å². The van der Waals surface area contributed by atoms with Crippen molar-refractivity contribution in [2.45, 2.75) is 12.5 Å². The number of halogens is 5. The van der Waals surface area contributed by atoms with Gasteiger partial charge in [0.1, 0.15) is 0 Å². The molecule has 0 aromatic heterocycles. The van der Waals surface area contributed by atoms with E-state index in [0.717, 1.165) is 18.2 Å². The van der Waals surface area contributed by atoms with Crippen LogP contribution in [0.3, 0.4) is 0 Å². The summed E-state index contributed by atoms with van der Waals surface area (Å²) < 4.78 is 52.0. The molecule has 1 unspecified atom stereocenters. The molecular weight excluding hydrogens is 340 g/mol. The number of aliphatic hydroxyl groups excluding tert-OH is 1. The van der Waals surface area contributed by atoms with Crippen molar-refractivity contribution in [2.75, 3.05) is 0 Å². The Hall–Kier alpha value is -1.40. The summed E-state index contributed by atoms with van der Waals surface area (Å²) in [4.78, 5) is 0. The van der Waals surface area contributed by atoms with Crippen molar-refractivity contribution in [1.82, 2.24) is 0 Å². The number of rotatable bonds is 3. The molecule has 0 aliphatic carbocycles. The van der Waals surface area contributed by atoms with Gasteiger partial charge in [-0.05, 0) is 45.3 Å².